The first-order valence-corrected chi connectivity index (χ1v) is 6.54. The van der Waals surface area contributed by atoms with Crippen LogP contribution in [0.15, 0.2) is 0 Å². The molecule has 0 radical (unpaired) electrons. The van der Waals surface area contributed by atoms with Crippen molar-refractivity contribution in [1.82, 2.24) is 9.80 Å². The van der Waals surface area contributed by atoms with Gasteiger partial charge in [0.15, 0.2) is 0 Å². The van der Waals surface area contributed by atoms with Crippen LogP contribution in [0.5, 0.6) is 0 Å². The summed E-state index contributed by atoms with van der Waals surface area (Å²) in [6.07, 6.45) is 5.07. The van der Waals surface area contributed by atoms with Gasteiger partial charge < -0.3 is 4.90 Å². The molecule has 0 aromatic carbocycles. The Kier molecular flexibility index (Phi) is 5.99. The van der Waals surface area contributed by atoms with E-state index in [0.717, 1.165) is 38.9 Å². The van der Waals surface area contributed by atoms with Gasteiger partial charge in [-0.05, 0) is 39.9 Å². The van der Waals surface area contributed by atoms with Gasteiger partial charge in [-0.3, -0.25) is 9.69 Å². The van der Waals surface area contributed by atoms with E-state index in [9.17, 15) is 4.79 Å². The van der Waals surface area contributed by atoms with Crippen LogP contribution in [-0.4, -0.2) is 55.4 Å². The van der Waals surface area contributed by atoms with Crippen molar-refractivity contribution in [3.8, 4) is 0 Å². The SMILES string of the molecule is CCCN(CCN(C)C)C1CCCC(=O)C1. The summed E-state index contributed by atoms with van der Waals surface area (Å²) < 4.78 is 0. The molecule has 1 saturated carbocycles. The minimum Gasteiger partial charge on any atom is -0.308 e. The Bertz CT molecular complexity index is 216. The molecule has 94 valence electrons. The summed E-state index contributed by atoms with van der Waals surface area (Å²) in [4.78, 5) is 16.2. The lowest BCUT2D eigenvalue weighted by atomic mass is 9.93. The Morgan fingerprint density at radius 2 is 2.00 bits per heavy atom. The standard InChI is InChI=1S/C13H26N2O/c1-4-8-15(10-9-14(2)3)12-6-5-7-13(16)11-12/h12H,4-11H2,1-3H3. The lowest BCUT2D eigenvalue weighted by Crippen LogP contribution is -2.42. The molecular weight excluding hydrogens is 200 g/mol. The fraction of sp³-hybridized carbons (Fsp3) is 0.923. The zero-order chi connectivity index (χ0) is 12.0. The van der Waals surface area contributed by atoms with E-state index in [-0.39, 0.29) is 0 Å². The highest BCUT2D eigenvalue weighted by Gasteiger charge is 2.24. The number of carbonyl (C=O) groups excluding carboxylic acids is 1. The maximum Gasteiger partial charge on any atom is 0.134 e. The summed E-state index contributed by atoms with van der Waals surface area (Å²) in [5, 5.41) is 0. The molecule has 0 aromatic rings. The maximum atomic E-state index is 11.5. The number of rotatable bonds is 6. The Morgan fingerprint density at radius 1 is 1.25 bits per heavy atom. The van der Waals surface area contributed by atoms with Crippen molar-refractivity contribution in [2.45, 2.75) is 45.1 Å². The second-order valence-corrected chi connectivity index (χ2v) is 5.13. The molecule has 1 fully saturated rings. The third-order valence-corrected chi connectivity index (χ3v) is 3.32. The maximum absolute atomic E-state index is 11.5. The lowest BCUT2D eigenvalue weighted by Gasteiger charge is -2.34. The van der Waals surface area contributed by atoms with Gasteiger partial charge in [-0.15, -0.1) is 0 Å². The van der Waals surface area contributed by atoms with Gasteiger partial charge in [0.2, 0.25) is 0 Å². The van der Waals surface area contributed by atoms with E-state index in [2.05, 4.69) is 30.8 Å². The monoisotopic (exact) mass is 226 g/mol. The molecule has 1 aliphatic carbocycles. The Balaban J connectivity index is 2.43. The first-order valence-electron chi connectivity index (χ1n) is 6.54. The minimum absolute atomic E-state index is 0.460. The fourth-order valence-electron chi connectivity index (χ4n) is 2.41. The molecule has 3 nitrogen and oxygen atoms in total. The average Bonchev–Trinajstić information content (AvgIpc) is 2.24. The first kappa shape index (κ1) is 13.7. The van der Waals surface area contributed by atoms with Crippen molar-refractivity contribution >= 4 is 5.78 Å². The van der Waals surface area contributed by atoms with E-state index >= 15 is 0 Å². The summed E-state index contributed by atoms with van der Waals surface area (Å²) in [5.41, 5.74) is 0. The molecule has 0 aromatic heterocycles. The van der Waals surface area contributed by atoms with Gasteiger partial charge in [0, 0.05) is 32.0 Å². The normalized spacial score (nSPS) is 22.1. The van der Waals surface area contributed by atoms with Crippen LogP contribution in [0, 0.1) is 0 Å². The van der Waals surface area contributed by atoms with Crippen LogP contribution in [0.4, 0.5) is 0 Å². The smallest absolute Gasteiger partial charge is 0.134 e. The highest BCUT2D eigenvalue weighted by molar-refractivity contribution is 5.79. The highest BCUT2D eigenvalue weighted by Crippen LogP contribution is 2.20. The summed E-state index contributed by atoms with van der Waals surface area (Å²) in [7, 11) is 4.21. The van der Waals surface area contributed by atoms with E-state index < -0.39 is 0 Å². The summed E-state index contributed by atoms with van der Waals surface area (Å²) >= 11 is 0. The molecular formula is C13H26N2O. The van der Waals surface area contributed by atoms with Gasteiger partial charge in [0.25, 0.3) is 0 Å². The molecule has 0 heterocycles. The summed E-state index contributed by atoms with van der Waals surface area (Å²) in [6, 6.07) is 0.515. The predicted octanol–water partition coefficient (Wildman–Crippen LogP) is 1.77. The molecule has 1 aliphatic rings. The van der Waals surface area contributed by atoms with Crippen molar-refractivity contribution in [2.24, 2.45) is 0 Å². The average molecular weight is 226 g/mol. The zero-order valence-corrected chi connectivity index (χ0v) is 11.0. The third kappa shape index (κ3) is 4.62. The van der Waals surface area contributed by atoms with Crippen LogP contribution in [0.1, 0.15) is 39.0 Å². The molecule has 16 heavy (non-hydrogen) atoms. The number of hydrogen-bond donors (Lipinski definition) is 0. The molecule has 1 unspecified atom stereocenters. The second kappa shape index (κ2) is 7.02. The van der Waals surface area contributed by atoms with Crippen LogP contribution in [0.3, 0.4) is 0 Å². The minimum atomic E-state index is 0.460. The molecule has 1 atom stereocenters. The van der Waals surface area contributed by atoms with Crippen LogP contribution in [-0.2, 0) is 4.79 Å². The fourth-order valence-corrected chi connectivity index (χ4v) is 2.41. The number of hydrogen-bond acceptors (Lipinski definition) is 3. The van der Waals surface area contributed by atoms with E-state index in [1.807, 2.05) is 0 Å². The second-order valence-electron chi connectivity index (χ2n) is 5.13. The van der Waals surface area contributed by atoms with E-state index in [4.69, 9.17) is 0 Å². The topological polar surface area (TPSA) is 23.6 Å². The van der Waals surface area contributed by atoms with Crippen molar-refractivity contribution in [1.29, 1.82) is 0 Å². The van der Waals surface area contributed by atoms with Crippen molar-refractivity contribution in [3.63, 3.8) is 0 Å². The number of carbonyl (C=O) groups is 1. The van der Waals surface area contributed by atoms with Gasteiger partial charge in [-0.25, -0.2) is 0 Å². The molecule has 1 rings (SSSR count). The molecule has 0 saturated heterocycles. The van der Waals surface area contributed by atoms with Crippen LogP contribution in [0.2, 0.25) is 0 Å². The summed E-state index contributed by atoms with van der Waals surface area (Å²) in [6.45, 7) is 5.53. The van der Waals surface area contributed by atoms with E-state index in [1.54, 1.807) is 0 Å². The summed E-state index contributed by atoms with van der Waals surface area (Å²) in [5.74, 6) is 0.460. The predicted molar refractivity (Wildman–Crippen MR) is 67.7 cm³/mol. The lowest BCUT2D eigenvalue weighted by molar-refractivity contribution is -0.122. The largest absolute Gasteiger partial charge is 0.308 e. The molecule has 0 spiro atoms. The van der Waals surface area contributed by atoms with E-state index in [0.29, 0.717) is 11.8 Å². The Hall–Kier alpha value is -0.410. The van der Waals surface area contributed by atoms with Gasteiger partial charge in [0.1, 0.15) is 5.78 Å². The Morgan fingerprint density at radius 3 is 2.56 bits per heavy atom. The van der Waals surface area contributed by atoms with Gasteiger partial charge >= 0.3 is 0 Å². The third-order valence-electron chi connectivity index (χ3n) is 3.32. The van der Waals surface area contributed by atoms with Crippen molar-refractivity contribution in [2.75, 3.05) is 33.7 Å². The number of likely N-dealkylation sites (N-methyl/N-ethyl adjacent to an activating group) is 1. The number of nitrogens with zero attached hydrogens (tertiary/aromatic N) is 2. The quantitative estimate of drug-likeness (QED) is 0.689. The van der Waals surface area contributed by atoms with Crippen LogP contribution >= 0.6 is 0 Å². The molecule has 0 bridgehead atoms. The number of Topliss-reactive ketones (excluding diaryl/α,β-unsaturated/α-hetero) is 1. The van der Waals surface area contributed by atoms with Gasteiger partial charge in [0.05, 0.1) is 0 Å². The van der Waals surface area contributed by atoms with Crippen molar-refractivity contribution < 1.29 is 4.79 Å². The highest BCUT2D eigenvalue weighted by atomic mass is 16.1. The number of ketones is 1. The van der Waals surface area contributed by atoms with Gasteiger partial charge in [-0.1, -0.05) is 6.92 Å². The molecule has 0 aliphatic heterocycles. The Labute approximate surface area is 99.8 Å². The molecule has 0 N–H and O–H groups in total. The first-order chi connectivity index (χ1) is 7.63. The van der Waals surface area contributed by atoms with Crippen LogP contribution in [0.25, 0.3) is 0 Å². The molecule has 3 heteroatoms. The van der Waals surface area contributed by atoms with Crippen LogP contribution < -0.4 is 0 Å². The van der Waals surface area contributed by atoms with Gasteiger partial charge in [-0.2, -0.15) is 0 Å². The van der Waals surface area contributed by atoms with E-state index in [1.165, 1.54) is 12.8 Å². The zero-order valence-electron chi connectivity index (χ0n) is 11.0. The molecule has 0 amide bonds. The van der Waals surface area contributed by atoms with Crippen molar-refractivity contribution in [3.05, 3.63) is 0 Å².